The zero-order chi connectivity index (χ0) is 69.8. The smallest absolute Gasteiger partial charge is 0.246 e. The van der Waals surface area contributed by atoms with Crippen molar-refractivity contribution in [3.8, 4) is 5.75 Å². The molecule has 5 heterocycles. The fourth-order valence-corrected chi connectivity index (χ4v) is 14.9. The first-order chi connectivity index (χ1) is 47.0. The normalized spacial score (nSPS) is 24.9. The average molecular weight is 1390 g/mol. The second-order valence-corrected chi connectivity index (χ2v) is 28.0. The van der Waals surface area contributed by atoms with E-state index in [1.807, 2.05) is 24.3 Å². The molecule has 4 aromatic carbocycles. The number of thioether (sulfide) groups is 2. The number of aromatic nitrogens is 2. The first-order valence-electron chi connectivity index (χ1n) is 32.9. The fraction of sp³-hybridized carbons (Fsp3) is 0.449. The summed E-state index contributed by atoms with van der Waals surface area (Å²) in [5.41, 5.74) is 12.4. The highest BCUT2D eigenvalue weighted by Crippen LogP contribution is 2.39. The van der Waals surface area contributed by atoms with Gasteiger partial charge in [0.15, 0.2) is 0 Å². The van der Waals surface area contributed by atoms with Crippen LogP contribution in [-0.4, -0.2) is 180 Å². The minimum absolute atomic E-state index is 0.0369. The lowest BCUT2D eigenvalue weighted by Gasteiger charge is -2.37. The Hall–Kier alpha value is -9.06. The SMILES string of the molecule is C[C@@]12CCCN1C(=O)[C@H](Cc1ccc(O)cc1)NC(=O)[C@H](C1(O)CC1)NC(=O)[C@@H]1CCCN1C(=O)[C@H](Cc1c[nH]c3ccc(F)cc13)NC(=O)[C@H](Cc1c[nH]c3ccc(F)cc13)NC(=O)CNC(=O)[C@H](CCCCN)NC(=O)CCSCc1cccc(c1)CSC[C@@H](C(N)=O)NC2=O. The van der Waals surface area contributed by atoms with Crippen LogP contribution in [0.25, 0.3) is 21.8 Å². The lowest BCUT2D eigenvalue weighted by molar-refractivity contribution is -0.147. The van der Waals surface area contributed by atoms with Crippen molar-refractivity contribution in [1.82, 2.24) is 57.0 Å². The van der Waals surface area contributed by atoms with E-state index >= 15 is 14.4 Å². The van der Waals surface area contributed by atoms with E-state index in [9.17, 15) is 52.6 Å². The standard InChI is InChI=1S/C69H83F2N13O12S2/c1-68-20-6-25-84(68)66(94)53(28-39-11-15-46(85)16-12-39)80-64(92)59(69(96)21-22-69)82-63(91)56-10-5-24-83(56)65(93)54(30-43-34-75-50-18-14-45(71)32-48(43)50)79-62(90)52(29-42-33-74-49-17-13-44(70)31-47(42)49)78-58(87)35-76-61(89)51(9-2-3-23-72)77-57(86)19-26-97-36-40-7-4-8-41(27-40)37-98-38-55(60(73)88)81-67(68)95/h4,7-8,11-18,27,31-34,51-56,59,74-75,85,96H,2-3,5-6,9-10,19-26,28-30,35-38,72H2,1H3,(H2,73,88)(H,76,89)(H,77,86)(H,78,87)(H,79,90)(H,80,92)(H,81,95)(H,82,91)/t51-,52-,53-,54-,55-,56-,59+,68-/m0/s1. The molecule has 3 aliphatic heterocycles. The van der Waals surface area contributed by atoms with E-state index in [1.165, 1.54) is 94.2 Å². The van der Waals surface area contributed by atoms with Gasteiger partial charge in [-0.15, -0.1) is 0 Å². The molecule has 98 heavy (non-hydrogen) atoms. The maximum absolute atomic E-state index is 15.4. The van der Waals surface area contributed by atoms with Gasteiger partial charge >= 0.3 is 0 Å². The molecule has 25 nitrogen and oxygen atoms in total. The molecule has 6 aromatic rings. The number of carbonyl (C=O) groups is 10. The molecule has 10 amide bonds. The topological polar surface area (TPSA) is 385 Å². The van der Waals surface area contributed by atoms with Crippen molar-refractivity contribution in [2.24, 2.45) is 11.5 Å². The quantitative estimate of drug-likeness (QED) is 0.0784. The molecule has 522 valence electrons. The number of aromatic amines is 2. The predicted molar refractivity (Wildman–Crippen MR) is 364 cm³/mol. The van der Waals surface area contributed by atoms with Gasteiger partial charge in [-0.25, -0.2) is 8.78 Å². The number of carbonyl (C=O) groups excluding carboxylic acids is 10. The van der Waals surface area contributed by atoms with Gasteiger partial charge in [-0.2, -0.15) is 23.5 Å². The number of amides is 10. The number of nitrogens with one attached hydrogen (secondary N) is 9. The average Bonchev–Trinajstić information content (AvgIpc) is 1.55. The highest BCUT2D eigenvalue weighted by Gasteiger charge is 2.54. The molecule has 3 fully saturated rings. The second-order valence-electron chi connectivity index (χ2n) is 25.8. The van der Waals surface area contributed by atoms with E-state index in [0.717, 1.165) is 11.1 Å². The molecular weight excluding hydrogens is 1300 g/mol. The number of nitrogens with zero attached hydrogens (tertiary/aromatic N) is 2. The van der Waals surface area contributed by atoms with E-state index in [-0.39, 0.29) is 88.8 Å². The number of phenols is 1. The van der Waals surface area contributed by atoms with Crippen molar-refractivity contribution in [2.45, 2.75) is 155 Å². The molecule has 4 aliphatic rings. The Morgan fingerprint density at radius 1 is 0.653 bits per heavy atom. The summed E-state index contributed by atoms with van der Waals surface area (Å²) in [5, 5.41) is 41.9. The van der Waals surface area contributed by atoms with Crippen molar-refractivity contribution in [1.29, 1.82) is 0 Å². The minimum Gasteiger partial charge on any atom is -0.508 e. The van der Waals surface area contributed by atoms with Crippen molar-refractivity contribution in [3.63, 3.8) is 0 Å². The van der Waals surface area contributed by atoms with Crippen LogP contribution in [0.3, 0.4) is 0 Å². The lowest BCUT2D eigenvalue weighted by atomic mass is 9.95. The van der Waals surface area contributed by atoms with E-state index in [2.05, 4.69) is 47.2 Å². The van der Waals surface area contributed by atoms with Crippen LogP contribution in [0.5, 0.6) is 5.75 Å². The van der Waals surface area contributed by atoms with Crippen LogP contribution in [0.15, 0.2) is 97.3 Å². The minimum atomic E-state index is -1.82. The van der Waals surface area contributed by atoms with Crippen LogP contribution in [0, 0.1) is 11.6 Å². The van der Waals surface area contributed by atoms with Gasteiger partial charge < -0.3 is 78.7 Å². The van der Waals surface area contributed by atoms with Gasteiger partial charge in [0.2, 0.25) is 59.1 Å². The van der Waals surface area contributed by atoms with E-state index in [4.69, 9.17) is 11.5 Å². The van der Waals surface area contributed by atoms with Crippen LogP contribution in [0.2, 0.25) is 0 Å². The number of unbranched alkanes of at least 4 members (excludes halogenated alkanes) is 1. The van der Waals surface area contributed by atoms with Gasteiger partial charge in [0.05, 0.1) is 12.1 Å². The Balaban J connectivity index is 0.966. The molecule has 0 radical (unpaired) electrons. The Bertz CT molecular complexity index is 3960. The molecule has 0 spiro atoms. The van der Waals surface area contributed by atoms with Crippen LogP contribution in [0.4, 0.5) is 8.78 Å². The Morgan fingerprint density at radius 3 is 1.94 bits per heavy atom. The van der Waals surface area contributed by atoms with Gasteiger partial charge in [0, 0.05) is 96.0 Å². The monoisotopic (exact) mass is 1390 g/mol. The van der Waals surface area contributed by atoms with Gasteiger partial charge in [-0.3, -0.25) is 47.9 Å². The van der Waals surface area contributed by atoms with Gasteiger partial charge in [0.25, 0.3) is 0 Å². The molecule has 2 bridgehead atoms. The number of benzene rings is 4. The Morgan fingerprint density at radius 2 is 1.29 bits per heavy atom. The third kappa shape index (κ3) is 17.8. The fourth-order valence-electron chi connectivity index (χ4n) is 13.0. The summed E-state index contributed by atoms with van der Waals surface area (Å²) in [4.78, 5) is 153. The van der Waals surface area contributed by atoms with E-state index in [1.54, 1.807) is 19.1 Å². The summed E-state index contributed by atoms with van der Waals surface area (Å²) in [6, 6.07) is 11.7. The van der Waals surface area contributed by atoms with Crippen molar-refractivity contribution >= 4 is 104 Å². The lowest BCUT2D eigenvalue weighted by Crippen LogP contribution is -2.64. The molecule has 15 N–H and O–H groups in total. The van der Waals surface area contributed by atoms with E-state index in [0.29, 0.717) is 81.6 Å². The molecule has 0 unspecified atom stereocenters. The number of aliphatic hydroxyl groups is 1. The number of fused-ring (bicyclic) bond motifs is 6. The molecule has 8 atom stereocenters. The van der Waals surface area contributed by atoms with Crippen molar-refractivity contribution < 1.29 is 66.9 Å². The highest BCUT2D eigenvalue weighted by atomic mass is 32.2. The summed E-state index contributed by atoms with van der Waals surface area (Å²) >= 11 is 2.83. The highest BCUT2D eigenvalue weighted by molar-refractivity contribution is 7.98. The summed E-state index contributed by atoms with van der Waals surface area (Å²) in [5.74, 6) is -7.59. The molecule has 10 rings (SSSR count). The Kier molecular flexibility index (Phi) is 23.5. The van der Waals surface area contributed by atoms with Crippen LogP contribution in [-0.2, 0) is 78.7 Å². The molecule has 2 aromatic heterocycles. The maximum Gasteiger partial charge on any atom is 0.246 e. The van der Waals surface area contributed by atoms with Crippen LogP contribution >= 0.6 is 23.5 Å². The van der Waals surface area contributed by atoms with Crippen molar-refractivity contribution in [3.05, 3.63) is 137 Å². The number of aromatic hydroxyl groups is 1. The summed E-state index contributed by atoms with van der Waals surface area (Å²) in [6.07, 6.45) is 4.41. The number of hydrogen-bond acceptors (Lipinski definition) is 15. The van der Waals surface area contributed by atoms with Gasteiger partial charge in [-0.1, -0.05) is 36.4 Å². The van der Waals surface area contributed by atoms with Gasteiger partial charge in [-0.05, 0) is 148 Å². The largest absolute Gasteiger partial charge is 0.508 e. The molecule has 2 saturated heterocycles. The number of rotatable bonds is 12. The second kappa shape index (κ2) is 32.1. The Labute approximate surface area is 572 Å². The molecule has 29 heteroatoms. The number of H-pyrrole nitrogens is 2. The zero-order valence-corrected chi connectivity index (χ0v) is 55.9. The third-order valence-electron chi connectivity index (χ3n) is 18.6. The number of halogens is 2. The predicted octanol–water partition coefficient (Wildman–Crippen LogP) is 2.77. The maximum atomic E-state index is 15.4. The molecule has 1 saturated carbocycles. The summed E-state index contributed by atoms with van der Waals surface area (Å²) in [6.45, 7) is 1.21. The first kappa shape index (κ1) is 71.7. The molecular formula is C69H83F2N13O12S2. The zero-order valence-electron chi connectivity index (χ0n) is 54.2. The number of hydrogen-bond donors (Lipinski definition) is 13. The van der Waals surface area contributed by atoms with Crippen molar-refractivity contribution in [2.75, 3.05) is 37.7 Å². The third-order valence-corrected chi connectivity index (χ3v) is 20.7. The van der Waals surface area contributed by atoms with Gasteiger partial charge in [0.1, 0.15) is 65.2 Å². The number of nitrogens with two attached hydrogens (primary N) is 2. The first-order valence-corrected chi connectivity index (χ1v) is 35.2. The van der Waals surface area contributed by atoms with E-state index < -0.39 is 131 Å². The number of primary amides is 1. The van der Waals surface area contributed by atoms with Crippen LogP contribution in [0.1, 0.15) is 98.9 Å². The number of phenolic OH excluding ortho intramolecular Hbond substituents is 1. The van der Waals surface area contributed by atoms with Crippen LogP contribution < -0.4 is 48.7 Å². The molecule has 1 aliphatic carbocycles. The summed E-state index contributed by atoms with van der Waals surface area (Å²) in [7, 11) is 0. The summed E-state index contributed by atoms with van der Waals surface area (Å²) < 4.78 is 29.9.